The van der Waals surface area contributed by atoms with Crippen LogP contribution in [0.25, 0.3) is 0 Å². The van der Waals surface area contributed by atoms with Gasteiger partial charge in [0, 0.05) is 12.1 Å². The molecule has 0 atom stereocenters. The van der Waals surface area contributed by atoms with Gasteiger partial charge in [-0.3, -0.25) is 25.0 Å². The smallest absolute Gasteiger partial charge is 0.311 e. The van der Waals surface area contributed by atoms with Gasteiger partial charge >= 0.3 is 5.69 Å². The van der Waals surface area contributed by atoms with Gasteiger partial charge in [-0.2, -0.15) is 5.10 Å². The van der Waals surface area contributed by atoms with E-state index in [0.29, 0.717) is 5.56 Å². The molecule has 0 aliphatic heterocycles. The van der Waals surface area contributed by atoms with Gasteiger partial charge in [0.1, 0.15) is 0 Å². The fourth-order valence-corrected chi connectivity index (χ4v) is 2.03. The summed E-state index contributed by atoms with van der Waals surface area (Å²) in [5.41, 5.74) is 1.75. The third-order valence-corrected chi connectivity index (χ3v) is 3.28. The molecule has 2 aromatic rings. The summed E-state index contributed by atoms with van der Waals surface area (Å²) in [6.07, 6.45) is 0.960. The predicted octanol–water partition coefficient (Wildman–Crippen LogP) is 1.41. The summed E-state index contributed by atoms with van der Waals surface area (Å²) in [6.45, 7) is 1.12. The zero-order chi connectivity index (χ0) is 20.0. The van der Waals surface area contributed by atoms with Gasteiger partial charge in [0.05, 0.1) is 16.1 Å². The quantitative estimate of drug-likeness (QED) is 0.436. The number of nitro groups is 2. The van der Waals surface area contributed by atoms with Crippen LogP contribution in [0.1, 0.15) is 11.1 Å². The summed E-state index contributed by atoms with van der Waals surface area (Å²) in [6, 6.07) is 7.94. The minimum absolute atomic E-state index is 0.0785. The van der Waals surface area contributed by atoms with Gasteiger partial charge in [0.15, 0.2) is 12.4 Å². The van der Waals surface area contributed by atoms with Crippen molar-refractivity contribution < 1.29 is 24.5 Å². The normalized spacial score (nSPS) is 10.6. The van der Waals surface area contributed by atoms with Crippen molar-refractivity contribution >= 4 is 23.5 Å². The van der Waals surface area contributed by atoms with Gasteiger partial charge in [-0.1, -0.05) is 18.2 Å². The van der Waals surface area contributed by atoms with Crippen molar-refractivity contribution in [2.24, 2.45) is 5.10 Å². The second kappa shape index (κ2) is 8.38. The summed E-state index contributed by atoms with van der Waals surface area (Å²) in [5.74, 6) is -1.66. The van der Waals surface area contributed by atoms with Crippen LogP contribution in [0.3, 0.4) is 0 Å². The highest BCUT2D eigenvalue weighted by Gasteiger charge is 2.16. The third-order valence-electron chi connectivity index (χ3n) is 3.28. The molecule has 11 heteroatoms. The van der Waals surface area contributed by atoms with Crippen LogP contribution in [0.4, 0.5) is 11.4 Å². The summed E-state index contributed by atoms with van der Waals surface area (Å²) < 4.78 is 5.11. The van der Waals surface area contributed by atoms with E-state index in [9.17, 15) is 30.1 Å². The standard InChI is InChI=1S/C16H14N4O7/c1-10-5-6-14(13(7-10)20(25)26)27-9-15(21)18-17-8-11-3-2-4-12(16(11)22)19(23)24/h2-8,22H,9H2,1H3,(H,18,21)/p-1/b17-8-. The van der Waals surface area contributed by atoms with Crippen LogP contribution in [0.2, 0.25) is 0 Å². The van der Waals surface area contributed by atoms with Gasteiger partial charge in [-0.15, -0.1) is 0 Å². The highest BCUT2D eigenvalue weighted by molar-refractivity contribution is 5.86. The Morgan fingerprint density at radius 1 is 1.19 bits per heavy atom. The summed E-state index contributed by atoms with van der Waals surface area (Å²) >= 11 is 0. The number of hydrogen-bond donors (Lipinski definition) is 1. The molecule has 2 aromatic carbocycles. The average molecular weight is 373 g/mol. The number of nitro benzene ring substituents is 2. The minimum atomic E-state index is -0.841. The van der Waals surface area contributed by atoms with Gasteiger partial charge in [0.25, 0.3) is 11.6 Å². The van der Waals surface area contributed by atoms with Crippen molar-refractivity contribution in [2.45, 2.75) is 6.92 Å². The van der Waals surface area contributed by atoms with E-state index < -0.39 is 33.8 Å². The molecule has 0 saturated heterocycles. The third kappa shape index (κ3) is 4.98. The van der Waals surface area contributed by atoms with Crippen LogP contribution in [0.15, 0.2) is 41.5 Å². The van der Waals surface area contributed by atoms with E-state index in [4.69, 9.17) is 4.74 Å². The second-order valence-electron chi connectivity index (χ2n) is 5.26. The van der Waals surface area contributed by atoms with E-state index in [1.165, 1.54) is 24.3 Å². The van der Waals surface area contributed by atoms with Gasteiger partial charge in [-0.25, -0.2) is 5.43 Å². The molecular formula is C16H13N4O7-. The number of carbonyl (C=O) groups excluding carboxylic acids is 1. The van der Waals surface area contributed by atoms with E-state index in [1.807, 2.05) is 0 Å². The number of hydrazone groups is 1. The molecular weight excluding hydrogens is 360 g/mol. The number of benzene rings is 2. The zero-order valence-electron chi connectivity index (χ0n) is 13.9. The Bertz CT molecular complexity index is 927. The number of hydrogen-bond acceptors (Lipinski definition) is 8. The molecule has 1 N–H and O–H groups in total. The van der Waals surface area contributed by atoms with Crippen LogP contribution >= 0.6 is 0 Å². The molecule has 0 aliphatic rings. The van der Waals surface area contributed by atoms with Crippen LogP contribution in [0.5, 0.6) is 11.5 Å². The maximum Gasteiger partial charge on any atom is 0.311 e. The van der Waals surface area contributed by atoms with Crippen LogP contribution in [-0.2, 0) is 4.79 Å². The molecule has 2 rings (SSSR count). The number of rotatable bonds is 7. The monoisotopic (exact) mass is 373 g/mol. The maximum atomic E-state index is 11.8. The fraction of sp³-hybridized carbons (Fsp3) is 0.125. The molecule has 140 valence electrons. The number of carbonyl (C=O) groups is 1. The highest BCUT2D eigenvalue weighted by Crippen LogP contribution is 2.27. The molecule has 0 bridgehead atoms. The van der Waals surface area contributed by atoms with Gasteiger partial charge < -0.3 is 9.84 Å². The molecule has 1 amide bonds. The van der Waals surface area contributed by atoms with E-state index >= 15 is 0 Å². The van der Waals surface area contributed by atoms with Crippen LogP contribution in [-0.4, -0.2) is 28.6 Å². The SMILES string of the molecule is Cc1ccc(OCC(=O)N/N=C\c2cccc([N+](=O)[O-])c2[O-])c([N+](=O)[O-])c1. The van der Waals surface area contributed by atoms with Crippen molar-refractivity contribution in [2.75, 3.05) is 6.61 Å². The zero-order valence-corrected chi connectivity index (χ0v) is 13.9. The largest absolute Gasteiger partial charge is 0.867 e. The lowest BCUT2D eigenvalue weighted by molar-refractivity contribution is -0.398. The molecule has 0 fully saturated rings. The molecule has 0 spiro atoms. The van der Waals surface area contributed by atoms with Crippen molar-refractivity contribution in [3.63, 3.8) is 0 Å². The van der Waals surface area contributed by atoms with Gasteiger partial charge in [0.2, 0.25) is 0 Å². The maximum absolute atomic E-state index is 11.8. The van der Waals surface area contributed by atoms with E-state index in [1.54, 1.807) is 13.0 Å². The highest BCUT2D eigenvalue weighted by atomic mass is 16.6. The van der Waals surface area contributed by atoms with Crippen molar-refractivity contribution in [3.05, 3.63) is 67.8 Å². The van der Waals surface area contributed by atoms with Crippen LogP contribution in [0, 0.1) is 27.2 Å². The van der Waals surface area contributed by atoms with Gasteiger partial charge in [-0.05, 0) is 29.9 Å². The molecule has 0 aliphatic carbocycles. The Hall–Kier alpha value is -4.02. The number of amides is 1. The van der Waals surface area contributed by atoms with E-state index in [0.717, 1.165) is 12.3 Å². The van der Waals surface area contributed by atoms with E-state index in [-0.39, 0.29) is 17.0 Å². The first kappa shape index (κ1) is 19.3. The second-order valence-corrected chi connectivity index (χ2v) is 5.26. The summed E-state index contributed by atoms with van der Waals surface area (Å²) in [7, 11) is 0. The topological polar surface area (TPSA) is 160 Å². The lowest BCUT2D eigenvalue weighted by Crippen LogP contribution is -2.24. The number of nitrogens with zero attached hydrogens (tertiary/aromatic N) is 3. The lowest BCUT2D eigenvalue weighted by Gasteiger charge is -2.09. The Kier molecular flexibility index (Phi) is 5.99. The predicted molar refractivity (Wildman–Crippen MR) is 91.6 cm³/mol. The molecule has 27 heavy (non-hydrogen) atoms. The van der Waals surface area contributed by atoms with Crippen molar-refractivity contribution in [1.29, 1.82) is 0 Å². The molecule has 11 nitrogen and oxygen atoms in total. The lowest BCUT2D eigenvalue weighted by atomic mass is 10.2. The van der Waals surface area contributed by atoms with Crippen molar-refractivity contribution in [3.8, 4) is 11.5 Å². The minimum Gasteiger partial charge on any atom is -0.867 e. The number of nitrogens with one attached hydrogen (secondary N) is 1. The fourth-order valence-electron chi connectivity index (χ4n) is 2.03. The first-order valence-corrected chi connectivity index (χ1v) is 7.43. The van der Waals surface area contributed by atoms with Crippen molar-refractivity contribution in [1.82, 2.24) is 5.43 Å². The van der Waals surface area contributed by atoms with E-state index in [2.05, 4.69) is 10.5 Å². The molecule has 0 radical (unpaired) electrons. The van der Waals surface area contributed by atoms with Crippen LogP contribution < -0.4 is 15.3 Å². The molecule has 0 unspecified atom stereocenters. The molecule has 0 saturated carbocycles. The summed E-state index contributed by atoms with van der Waals surface area (Å²) in [4.78, 5) is 31.9. The number of ether oxygens (including phenoxy) is 1. The first-order chi connectivity index (χ1) is 12.8. The Balaban J connectivity index is 1.98. The number of para-hydroxylation sites is 1. The Morgan fingerprint density at radius 2 is 1.89 bits per heavy atom. The summed E-state index contributed by atoms with van der Waals surface area (Å²) in [5, 5.41) is 37.0. The first-order valence-electron chi connectivity index (χ1n) is 7.43. The average Bonchev–Trinajstić information content (AvgIpc) is 2.61. The Labute approximate surface area is 152 Å². The Morgan fingerprint density at radius 3 is 2.56 bits per heavy atom. The number of aryl methyl sites for hydroxylation is 1. The molecule has 0 heterocycles. The molecule has 0 aromatic heterocycles.